The van der Waals surface area contributed by atoms with Gasteiger partial charge < -0.3 is 0 Å². The van der Waals surface area contributed by atoms with Crippen LogP contribution >= 0.6 is 0 Å². The molecule has 0 radical (unpaired) electrons. The molecule has 4 aromatic rings. The van der Waals surface area contributed by atoms with Crippen LogP contribution < -0.4 is 0 Å². The van der Waals surface area contributed by atoms with E-state index in [1.807, 2.05) is 0 Å². The Morgan fingerprint density at radius 2 is 1.34 bits per heavy atom. The predicted molar refractivity (Wildman–Crippen MR) is 121 cm³/mol. The molecule has 5 rings (SSSR count). The fraction of sp³-hybridized carbons (Fsp3) is 0.179. The number of benzene rings is 3. The first kappa shape index (κ1) is 17.9. The van der Waals surface area contributed by atoms with Crippen molar-refractivity contribution in [2.45, 2.75) is 32.1 Å². The first-order valence-corrected chi connectivity index (χ1v) is 10.5. The second-order valence-corrected chi connectivity index (χ2v) is 8.10. The van der Waals surface area contributed by atoms with Gasteiger partial charge >= 0.3 is 0 Å². The fourth-order valence-corrected chi connectivity index (χ4v) is 4.02. The Hall–Kier alpha value is -3.19. The number of aromatic nitrogens is 1. The van der Waals surface area contributed by atoms with E-state index in [1.165, 1.54) is 46.2 Å². The van der Waals surface area contributed by atoms with Gasteiger partial charge in [-0.1, -0.05) is 96.6 Å². The third-order valence-corrected chi connectivity index (χ3v) is 5.76. The minimum Gasteiger partial charge on any atom is -0.247 e. The topological polar surface area (TPSA) is 12.9 Å². The van der Waals surface area contributed by atoms with Crippen LogP contribution in [0.4, 0.5) is 0 Å². The molecule has 1 aliphatic rings. The Kier molecular flexibility index (Phi) is 4.73. The number of rotatable bonds is 5. The van der Waals surface area contributed by atoms with Crippen LogP contribution in [-0.2, 0) is 6.42 Å². The lowest BCUT2D eigenvalue weighted by atomic mass is 9.93. The summed E-state index contributed by atoms with van der Waals surface area (Å²) in [4.78, 5) is 5.30. The Labute approximate surface area is 173 Å². The van der Waals surface area contributed by atoms with E-state index in [1.54, 1.807) is 0 Å². The molecule has 29 heavy (non-hydrogen) atoms. The molecule has 1 aliphatic carbocycles. The Bertz CT molecular complexity index is 1110. The van der Waals surface area contributed by atoms with Crippen molar-refractivity contribution < 1.29 is 0 Å². The molecule has 0 amide bonds. The van der Waals surface area contributed by atoms with Crippen LogP contribution in [0.5, 0.6) is 0 Å². The normalized spacial score (nSPS) is 13.4. The van der Waals surface area contributed by atoms with Gasteiger partial charge in [-0.2, -0.15) is 0 Å². The minimum atomic E-state index is 0.651. The molecule has 1 heteroatoms. The van der Waals surface area contributed by atoms with Crippen LogP contribution in [0.3, 0.4) is 0 Å². The number of nitrogens with zero attached hydrogens (tertiary/aromatic N) is 1. The van der Waals surface area contributed by atoms with Gasteiger partial charge in [0.1, 0.15) is 0 Å². The molecule has 1 heterocycles. The van der Waals surface area contributed by atoms with Gasteiger partial charge in [0, 0.05) is 11.1 Å². The van der Waals surface area contributed by atoms with Crippen molar-refractivity contribution in [1.29, 1.82) is 0 Å². The lowest BCUT2D eigenvalue weighted by Crippen LogP contribution is -2.01. The smallest absolute Gasteiger partial charge is 0.0745 e. The Balaban J connectivity index is 1.69. The van der Waals surface area contributed by atoms with Crippen molar-refractivity contribution in [3.63, 3.8) is 0 Å². The molecule has 0 saturated heterocycles. The molecule has 0 bridgehead atoms. The van der Waals surface area contributed by atoms with E-state index < -0.39 is 0 Å². The summed E-state index contributed by atoms with van der Waals surface area (Å²) in [5, 5.41) is 0. The minimum absolute atomic E-state index is 0.651. The average Bonchev–Trinajstić information content (AvgIpc) is 3.61. The van der Waals surface area contributed by atoms with Crippen LogP contribution in [0.1, 0.15) is 41.0 Å². The zero-order valence-electron chi connectivity index (χ0n) is 16.8. The highest BCUT2D eigenvalue weighted by molar-refractivity contribution is 5.73. The van der Waals surface area contributed by atoms with Gasteiger partial charge in [0.25, 0.3) is 0 Å². The summed E-state index contributed by atoms with van der Waals surface area (Å²) in [6.07, 6.45) is 3.46. The van der Waals surface area contributed by atoms with Crippen LogP contribution in [0, 0.1) is 6.92 Å². The predicted octanol–water partition coefficient (Wildman–Crippen LogP) is 7.19. The van der Waals surface area contributed by atoms with Gasteiger partial charge in [-0.05, 0) is 48.8 Å². The molecule has 1 saturated carbocycles. The third-order valence-electron chi connectivity index (χ3n) is 5.76. The molecule has 1 aromatic heterocycles. The number of hydrogen-bond donors (Lipinski definition) is 0. The van der Waals surface area contributed by atoms with Crippen molar-refractivity contribution in [3.8, 4) is 22.5 Å². The standard InChI is InChI=1S/C28H25N/c1-20-12-14-24(15-13-20)28-26(22-16-17-22)19-25(18-21-8-4-2-5-9-21)27(29-28)23-10-6-3-7-11-23/h2-15,19,22H,16-18H2,1H3. The summed E-state index contributed by atoms with van der Waals surface area (Å²) in [5.41, 5.74) is 10.0. The van der Waals surface area contributed by atoms with E-state index in [0.717, 1.165) is 17.8 Å². The average molecular weight is 376 g/mol. The van der Waals surface area contributed by atoms with Crippen LogP contribution in [0.25, 0.3) is 22.5 Å². The SMILES string of the molecule is Cc1ccc(-c2nc(-c3ccccc3)c(Cc3ccccc3)cc2C2CC2)cc1. The molecule has 1 fully saturated rings. The first-order valence-electron chi connectivity index (χ1n) is 10.5. The highest BCUT2D eigenvalue weighted by atomic mass is 14.7. The van der Waals surface area contributed by atoms with Crippen molar-refractivity contribution in [1.82, 2.24) is 4.98 Å². The van der Waals surface area contributed by atoms with Crippen LogP contribution in [0.15, 0.2) is 91.0 Å². The quantitative estimate of drug-likeness (QED) is 0.360. The highest BCUT2D eigenvalue weighted by Crippen LogP contribution is 2.45. The number of pyridine rings is 1. The fourth-order valence-electron chi connectivity index (χ4n) is 4.02. The molecular formula is C28H25N. The van der Waals surface area contributed by atoms with Crippen molar-refractivity contribution in [2.24, 2.45) is 0 Å². The summed E-state index contributed by atoms with van der Waals surface area (Å²) >= 11 is 0. The van der Waals surface area contributed by atoms with E-state index in [2.05, 4.69) is 97.9 Å². The second-order valence-electron chi connectivity index (χ2n) is 8.10. The molecule has 0 atom stereocenters. The third kappa shape index (κ3) is 3.86. The molecular weight excluding hydrogens is 350 g/mol. The van der Waals surface area contributed by atoms with Crippen molar-refractivity contribution in [3.05, 3.63) is 113 Å². The first-order chi connectivity index (χ1) is 14.3. The largest absolute Gasteiger partial charge is 0.247 e. The monoisotopic (exact) mass is 375 g/mol. The number of hydrogen-bond acceptors (Lipinski definition) is 1. The zero-order chi connectivity index (χ0) is 19.6. The summed E-state index contributed by atoms with van der Waals surface area (Å²) in [5.74, 6) is 0.651. The molecule has 0 spiro atoms. The maximum atomic E-state index is 5.30. The molecule has 0 N–H and O–H groups in total. The molecule has 3 aromatic carbocycles. The Morgan fingerprint density at radius 3 is 2.00 bits per heavy atom. The van der Waals surface area contributed by atoms with E-state index in [4.69, 9.17) is 4.98 Å². The zero-order valence-corrected chi connectivity index (χ0v) is 16.8. The van der Waals surface area contributed by atoms with Crippen molar-refractivity contribution in [2.75, 3.05) is 0 Å². The number of aryl methyl sites for hydroxylation is 1. The van der Waals surface area contributed by atoms with Gasteiger partial charge in [-0.25, -0.2) is 4.98 Å². The van der Waals surface area contributed by atoms with Gasteiger partial charge in [-0.3, -0.25) is 0 Å². The van der Waals surface area contributed by atoms with Gasteiger partial charge in [-0.15, -0.1) is 0 Å². The second kappa shape index (κ2) is 7.67. The highest BCUT2D eigenvalue weighted by Gasteiger charge is 2.28. The summed E-state index contributed by atoms with van der Waals surface area (Å²) in [7, 11) is 0. The summed E-state index contributed by atoms with van der Waals surface area (Å²) < 4.78 is 0. The Morgan fingerprint density at radius 1 is 0.724 bits per heavy atom. The van der Waals surface area contributed by atoms with Gasteiger partial charge in [0.2, 0.25) is 0 Å². The molecule has 0 unspecified atom stereocenters. The van der Waals surface area contributed by atoms with Crippen LogP contribution in [0.2, 0.25) is 0 Å². The van der Waals surface area contributed by atoms with E-state index in [-0.39, 0.29) is 0 Å². The van der Waals surface area contributed by atoms with Crippen molar-refractivity contribution >= 4 is 0 Å². The summed E-state index contributed by atoms with van der Waals surface area (Å²) in [6.45, 7) is 2.14. The molecule has 142 valence electrons. The maximum absolute atomic E-state index is 5.30. The maximum Gasteiger partial charge on any atom is 0.0745 e. The van der Waals surface area contributed by atoms with Gasteiger partial charge in [0.15, 0.2) is 0 Å². The lowest BCUT2D eigenvalue weighted by molar-refractivity contribution is 1.06. The van der Waals surface area contributed by atoms with Crippen LogP contribution in [-0.4, -0.2) is 4.98 Å². The summed E-state index contributed by atoms with van der Waals surface area (Å²) in [6, 6.07) is 32.6. The van der Waals surface area contributed by atoms with E-state index >= 15 is 0 Å². The van der Waals surface area contributed by atoms with E-state index in [0.29, 0.717) is 5.92 Å². The molecule has 1 nitrogen and oxygen atoms in total. The lowest BCUT2D eigenvalue weighted by Gasteiger charge is -2.16. The molecule has 0 aliphatic heterocycles. The van der Waals surface area contributed by atoms with E-state index in [9.17, 15) is 0 Å². The van der Waals surface area contributed by atoms with Gasteiger partial charge in [0.05, 0.1) is 11.4 Å².